The average molecular weight is 674 g/mol. The van der Waals surface area contributed by atoms with Crippen LogP contribution in [0.1, 0.15) is 52.7 Å². The minimum Gasteiger partial charge on any atom is -0.459 e. The van der Waals surface area contributed by atoms with Crippen molar-refractivity contribution in [2.75, 3.05) is 69.2 Å². The predicted molar refractivity (Wildman–Crippen MR) is 191 cm³/mol. The van der Waals surface area contributed by atoms with Gasteiger partial charge in [0.25, 0.3) is 0 Å². The minimum absolute atomic E-state index is 0.177. The first-order valence-electron chi connectivity index (χ1n) is 17.1. The maximum absolute atomic E-state index is 12.4. The summed E-state index contributed by atoms with van der Waals surface area (Å²) in [5, 5.41) is 6.24. The fourth-order valence-corrected chi connectivity index (χ4v) is 5.84. The number of rotatable bonds is 10. The van der Waals surface area contributed by atoms with Crippen LogP contribution >= 0.6 is 0 Å². The van der Waals surface area contributed by atoms with Crippen molar-refractivity contribution in [1.82, 2.24) is 25.1 Å². The first-order chi connectivity index (χ1) is 23.3. The third kappa shape index (κ3) is 11.4. The van der Waals surface area contributed by atoms with Crippen LogP contribution in [0.25, 0.3) is 11.3 Å². The van der Waals surface area contributed by atoms with E-state index in [1.807, 2.05) is 71.9 Å². The molecule has 12 nitrogen and oxygen atoms in total. The van der Waals surface area contributed by atoms with Crippen LogP contribution in [0.3, 0.4) is 0 Å². The molecule has 2 aliphatic rings. The second-order valence-electron chi connectivity index (χ2n) is 14.5. The van der Waals surface area contributed by atoms with Gasteiger partial charge in [-0.15, -0.1) is 0 Å². The van der Waals surface area contributed by atoms with E-state index in [1.165, 1.54) is 11.3 Å². The lowest BCUT2D eigenvalue weighted by Crippen LogP contribution is -2.48. The Bertz CT molecular complexity index is 1570. The van der Waals surface area contributed by atoms with Gasteiger partial charge in [0, 0.05) is 75.5 Å². The van der Waals surface area contributed by atoms with E-state index < -0.39 is 17.3 Å². The summed E-state index contributed by atoms with van der Waals surface area (Å²) >= 11 is 0. The number of esters is 1. The number of ether oxygens (including phenoxy) is 3. The van der Waals surface area contributed by atoms with Crippen LogP contribution in [-0.2, 0) is 32.1 Å². The van der Waals surface area contributed by atoms with Crippen molar-refractivity contribution in [2.45, 2.75) is 65.8 Å². The van der Waals surface area contributed by atoms with E-state index in [9.17, 15) is 9.59 Å². The van der Waals surface area contributed by atoms with Crippen molar-refractivity contribution in [3.05, 3.63) is 65.9 Å². The van der Waals surface area contributed by atoms with Gasteiger partial charge in [0.15, 0.2) is 0 Å². The fraction of sp³-hybridized carbons (Fsp3) is 0.514. The number of nitrogens with zero attached hydrogens (tertiary/aromatic N) is 5. The zero-order chi connectivity index (χ0) is 35.0. The van der Waals surface area contributed by atoms with E-state index in [0.29, 0.717) is 32.3 Å². The maximum Gasteiger partial charge on any atom is 0.407 e. The molecule has 0 bridgehead atoms. The topological polar surface area (TPSA) is 121 Å². The zero-order valence-electron chi connectivity index (χ0n) is 29.8. The number of alkyl carbamates (subject to hydrolysis) is 1. The molecule has 264 valence electrons. The molecule has 2 fully saturated rings. The molecule has 0 aliphatic carbocycles. The number of aromatic nitrogens is 2. The second-order valence-corrected chi connectivity index (χ2v) is 14.5. The standard InChI is InChI=1S/C37H51N7O5/c1-36(2,3)48-33(45)26-43-16-14-42(15-17-43)25-29-23-30(10-11-32(29)44-18-20-47-21-19-44)40-34-38-13-12-31(41-34)28-9-7-8-27(22-28)24-39-35(46)49-37(4,5)6/h7-13,22-23H,14-21,24-26H2,1-6H3,(H,39,46)(H,38,40,41). The number of hydrogen-bond donors (Lipinski definition) is 2. The van der Waals surface area contributed by atoms with Gasteiger partial charge in [-0.1, -0.05) is 18.2 Å². The molecular formula is C37H51N7O5. The van der Waals surface area contributed by atoms with Gasteiger partial charge < -0.3 is 29.7 Å². The van der Waals surface area contributed by atoms with E-state index in [0.717, 1.165) is 68.3 Å². The molecule has 2 aromatic carbocycles. The summed E-state index contributed by atoms with van der Waals surface area (Å²) in [5.41, 5.74) is 4.92. The second kappa shape index (κ2) is 16.0. The summed E-state index contributed by atoms with van der Waals surface area (Å²) in [6.45, 7) is 19.1. The summed E-state index contributed by atoms with van der Waals surface area (Å²) in [6.07, 6.45) is 1.29. The Balaban J connectivity index is 1.26. The lowest BCUT2D eigenvalue weighted by molar-refractivity contribution is -0.156. The van der Waals surface area contributed by atoms with Crippen LogP contribution < -0.4 is 15.5 Å². The molecule has 12 heteroatoms. The summed E-state index contributed by atoms with van der Waals surface area (Å²) in [4.78, 5) is 40.9. The number of morpholine rings is 1. The van der Waals surface area contributed by atoms with Gasteiger partial charge in [0.1, 0.15) is 11.2 Å². The van der Waals surface area contributed by atoms with Crippen LogP contribution in [0.15, 0.2) is 54.7 Å². The van der Waals surface area contributed by atoms with Gasteiger partial charge in [-0.25, -0.2) is 14.8 Å². The SMILES string of the molecule is CC(C)(C)OC(=O)CN1CCN(Cc2cc(Nc3nccc(-c4cccc(CNC(=O)OC(C)(C)C)c4)n3)ccc2N2CCOCC2)CC1. The van der Waals surface area contributed by atoms with Crippen LogP contribution in [-0.4, -0.2) is 102 Å². The van der Waals surface area contributed by atoms with E-state index in [4.69, 9.17) is 19.2 Å². The zero-order valence-corrected chi connectivity index (χ0v) is 29.8. The Kier molecular flexibility index (Phi) is 11.7. The summed E-state index contributed by atoms with van der Waals surface area (Å²) in [7, 11) is 0. The van der Waals surface area contributed by atoms with Gasteiger partial charge >= 0.3 is 12.1 Å². The molecule has 1 amide bonds. The molecule has 3 aromatic rings. The highest BCUT2D eigenvalue weighted by Crippen LogP contribution is 2.29. The number of anilines is 3. The average Bonchev–Trinajstić information content (AvgIpc) is 3.04. The highest BCUT2D eigenvalue weighted by Gasteiger charge is 2.24. The maximum atomic E-state index is 12.4. The van der Waals surface area contributed by atoms with Crippen LogP contribution in [0.4, 0.5) is 22.1 Å². The first-order valence-corrected chi connectivity index (χ1v) is 17.1. The number of amides is 1. The Hall–Kier alpha value is -4.26. The fourth-order valence-electron chi connectivity index (χ4n) is 5.84. The molecular weight excluding hydrogens is 622 g/mol. The van der Waals surface area contributed by atoms with Crippen LogP contribution in [0, 0.1) is 0 Å². The van der Waals surface area contributed by atoms with Crippen molar-refractivity contribution in [3.63, 3.8) is 0 Å². The summed E-state index contributed by atoms with van der Waals surface area (Å²) in [6, 6.07) is 16.2. The molecule has 1 aromatic heterocycles. The number of piperazine rings is 1. The minimum atomic E-state index is -0.556. The molecule has 2 aliphatic heterocycles. The monoisotopic (exact) mass is 673 g/mol. The number of benzene rings is 2. The normalized spacial score (nSPS) is 16.2. The highest BCUT2D eigenvalue weighted by atomic mass is 16.6. The molecule has 0 saturated carbocycles. The van der Waals surface area contributed by atoms with Crippen molar-refractivity contribution in [1.29, 1.82) is 0 Å². The lowest BCUT2D eigenvalue weighted by atomic mass is 10.1. The molecule has 2 N–H and O–H groups in total. The lowest BCUT2D eigenvalue weighted by Gasteiger charge is -2.36. The summed E-state index contributed by atoms with van der Waals surface area (Å²) < 4.78 is 16.5. The third-order valence-electron chi connectivity index (χ3n) is 8.03. The van der Waals surface area contributed by atoms with Gasteiger partial charge in [-0.3, -0.25) is 14.6 Å². The quantitative estimate of drug-likeness (QED) is 0.276. The third-order valence-corrected chi connectivity index (χ3v) is 8.03. The van der Waals surface area contributed by atoms with Gasteiger partial charge in [-0.05, 0) is 83.0 Å². The molecule has 5 rings (SSSR count). The van der Waals surface area contributed by atoms with E-state index in [2.05, 4.69) is 48.5 Å². The van der Waals surface area contributed by atoms with Gasteiger partial charge in [-0.2, -0.15) is 0 Å². The number of carbonyl (C=O) groups is 2. The Labute approximate surface area is 290 Å². The van der Waals surface area contributed by atoms with Crippen molar-refractivity contribution >= 4 is 29.4 Å². The molecule has 2 saturated heterocycles. The van der Waals surface area contributed by atoms with E-state index >= 15 is 0 Å². The first kappa shape index (κ1) is 36.0. The Morgan fingerprint density at radius 1 is 0.857 bits per heavy atom. The van der Waals surface area contributed by atoms with Crippen LogP contribution in [0.5, 0.6) is 0 Å². The molecule has 0 spiro atoms. The molecule has 0 unspecified atom stereocenters. The number of carbonyl (C=O) groups excluding carboxylic acids is 2. The molecule has 49 heavy (non-hydrogen) atoms. The molecule has 3 heterocycles. The van der Waals surface area contributed by atoms with Crippen molar-refractivity contribution in [3.8, 4) is 11.3 Å². The molecule has 0 atom stereocenters. The molecule has 0 radical (unpaired) electrons. The smallest absolute Gasteiger partial charge is 0.407 e. The Morgan fingerprint density at radius 3 is 2.29 bits per heavy atom. The summed E-state index contributed by atoms with van der Waals surface area (Å²) in [5.74, 6) is 0.319. The number of hydrogen-bond acceptors (Lipinski definition) is 11. The van der Waals surface area contributed by atoms with Gasteiger partial charge in [0.05, 0.1) is 25.5 Å². The van der Waals surface area contributed by atoms with Gasteiger partial charge in [0.2, 0.25) is 5.95 Å². The van der Waals surface area contributed by atoms with E-state index in [1.54, 1.807) is 6.20 Å². The largest absolute Gasteiger partial charge is 0.459 e. The number of nitrogens with one attached hydrogen (secondary N) is 2. The predicted octanol–water partition coefficient (Wildman–Crippen LogP) is 5.21. The van der Waals surface area contributed by atoms with Crippen LogP contribution in [0.2, 0.25) is 0 Å². The van der Waals surface area contributed by atoms with E-state index in [-0.39, 0.29) is 5.97 Å². The van der Waals surface area contributed by atoms with Crippen molar-refractivity contribution < 1.29 is 23.8 Å². The Morgan fingerprint density at radius 2 is 1.57 bits per heavy atom. The van der Waals surface area contributed by atoms with Crippen molar-refractivity contribution in [2.24, 2.45) is 0 Å². The highest BCUT2D eigenvalue weighted by molar-refractivity contribution is 5.72.